The van der Waals surface area contributed by atoms with Crippen molar-refractivity contribution in [3.63, 3.8) is 0 Å². The van der Waals surface area contributed by atoms with Crippen molar-refractivity contribution >= 4 is 47.8 Å². The fourth-order valence-electron chi connectivity index (χ4n) is 3.53. The Morgan fingerprint density at radius 3 is 1.51 bits per heavy atom. The summed E-state index contributed by atoms with van der Waals surface area (Å²) in [5, 5.41) is 11.2. The lowest BCUT2D eigenvalue weighted by Crippen LogP contribution is -2.28. The molecule has 0 amide bonds. The van der Waals surface area contributed by atoms with Crippen LogP contribution in [-0.2, 0) is 29.8 Å². The van der Waals surface area contributed by atoms with E-state index in [2.05, 4.69) is 13.1 Å². The van der Waals surface area contributed by atoms with Crippen LogP contribution in [0.5, 0.6) is 23.0 Å². The number of hydrogen-bond donors (Lipinski definition) is 1. The first-order chi connectivity index (χ1) is 20.8. The number of phenolic OH excluding ortho intramolecular Hbond substituents is 1. The lowest BCUT2D eigenvalue weighted by molar-refractivity contribution is -0.148. The van der Waals surface area contributed by atoms with Crippen LogP contribution >= 0.6 is 0 Å². The van der Waals surface area contributed by atoms with Gasteiger partial charge in [-0.1, -0.05) is 31.2 Å². The molecule has 0 fully saturated rings. The Balaban J connectivity index is 0.000000257. The van der Waals surface area contributed by atoms with Gasteiger partial charge in [-0.25, -0.2) is 4.79 Å². The number of benzene rings is 4. The highest BCUT2D eigenvalue weighted by molar-refractivity contribution is 7.88. The van der Waals surface area contributed by atoms with E-state index >= 15 is 0 Å². The zero-order valence-corrected chi connectivity index (χ0v) is 24.6. The molecule has 0 radical (unpaired) electrons. The highest BCUT2D eigenvalue weighted by atomic mass is 32.2. The van der Waals surface area contributed by atoms with Gasteiger partial charge in [-0.15, -0.1) is 0 Å². The first-order valence-electron chi connectivity index (χ1n) is 12.3. The smallest absolute Gasteiger partial charge is 0.508 e. The molecule has 1 N–H and O–H groups in total. The summed E-state index contributed by atoms with van der Waals surface area (Å²) in [5.74, 6) is -1.36. The van der Waals surface area contributed by atoms with E-state index in [1.54, 1.807) is 19.1 Å². The van der Waals surface area contributed by atoms with Gasteiger partial charge in [0.15, 0.2) is 6.10 Å². The molecule has 0 saturated heterocycles. The molecule has 4 rings (SSSR count). The molecule has 45 heavy (non-hydrogen) atoms. The molecular weight excluding hydrogens is 662 g/mol. The van der Waals surface area contributed by atoms with Crippen LogP contribution in [0.1, 0.15) is 13.3 Å². The van der Waals surface area contributed by atoms with Gasteiger partial charge < -0.3 is 22.9 Å². The van der Waals surface area contributed by atoms with Gasteiger partial charge in [0.25, 0.3) is 0 Å². The largest absolute Gasteiger partial charge is 0.534 e. The Labute approximate surface area is 251 Å². The highest BCUT2D eigenvalue weighted by Crippen LogP contribution is 2.31. The molecule has 0 bridgehead atoms. The minimum Gasteiger partial charge on any atom is -0.508 e. The average molecular weight is 685 g/mol. The number of esters is 1. The van der Waals surface area contributed by atoms with Gasteiger partial charge >= 0.3 is 37.2 Å². The number of alkyl halides is 6. The van der Waals surface area contributed by atoms with Crippen LogP contribution in [0.3, 0.4) is 0 Å². The predicted molar refractivity (Wildman–Crippen MR) is 147 cm³/mol. The summed E-state index contributed by atoms with van der Waals surface area (Å²) >= 11 is 0. The second kappa shape index (κ2) is 13.3. The Morgan fingerprint density at radius 1 is 0.689 bits per heavy atom. The number of carbonyl (C=O) groups excluding carboxylic acids is 1. The summed E-state index contributed by atoms with van der Waals surface area (Å²) < 4.78 is 136. The summed E-state index contributed by atoms with van der Waals surface area (Å²) in [4.78, 5) is 11.6. The van der Waals surface area contributed by atoms with E-state index in [0.717, 1.165) is 24.3 Å². The standard InChI is InChI=1S/C16H15F3O6S.C11H7F3O4S/c1-3-14(15(20)23-2)24-12-6-4-10-5-7-13(9-11(10)8-12)25-26(21,22)16(17,18)19;12-11(13,14)19(16,17)18-10-4-2-7-1-3-9(15)5-8(7)6-10/h4-9,14H,3H2,1-2H3;1-6,15H. The summed E-state index contributed by atoms with van der Waals surface area (Å²) in [6.45, 7) is 1.72. The van der Waals surface area contributed by atoms with Crippen LogP contribution in [0.15, 0.2) is 72.8 Å². The maximum atomic E-state index is 12.4. The molecule has 10 nitrogen and oxygen atoms in total. The van der Waals surface area contributed by atoms with Crippen LogP contribution < -0.4 is 13.1 Å². The Kier molecular flexibility index (Phi) is 10.3. The summed E-state index contributed by atoms with van der Waals surface area (Å²) in [6, 6.07) is 16.1. The van der Waals surface area contributed by atoms with Crippen molar-refractivity contribution in [1.82, 2.24) is 0 Å². The van der Waals surface area contributed by atoms with Crippen molar-refractivity contribution < 1.29 is 70.9 Å². The molecule has 18 heteroatoms. The van der Waals surface area contributed by atoms with Crippen molar-refractivity contribution in [2.24, 2.45) is 0 Å². The molecule has 244 valence electrons. The number of fused-ring (bicyclic) bond motifs is 2. The number of carbonyl (C=O) groups is 1. The zero-order chi connectivity index (χ0) is 33.8. The number of aromatic hydroxyl groups is 1. The molecule has 4 aromatic rings. The molecule has 0 aliphatic carbocycles. The van der Waals surface area contributed by atoms with E-state index in [9.17, 15) is 53.1 Å². The van der Waals surface area contributed by atoms with Gasteiger partial charge in [0.2, 0.25) is 0 Å². The molecular formula is C27H22F6O10S2. The van der Waals surface area contributed by atoms with Crippen LogP contribution in [0.2, 0.25) is 0 Å². The third-order valence-electron chi connectivity index (χ3n) is 5.67. The minimum atomic E-state index is -5.76. The second-order valence-electron chi connectivity index (χ2n) is 8.87. The number of halogens is 6. The van der Waals surface area contributed by atoms with Crippen LogP contribution in [0.4, 0.5) is 26.3 Å². The minimum absolute atomic E-state index is 0.0941. The average Bonchev–Trinajstić information content (AvgIpc) is 2.93. The number of methoxy groups -OCH3 is 1. The SMILES string of the molecule is CCC(Oc1ccc2ccc(OS(=O)(=O)C(F)(F)F)cc2c1)C(=O)OC.O=S(=O)(Oc1ccc2ccc(O)cc2c1)C(F)(F)F. The predicted octanol–water partition coefficient (Wildman–Crippen LogP) is 6.17. The highest BCUT2D eigenvalue weighted by Gasteiger charge is 2.49. The topological polar surface area (TPSA) is 142 Å². The number of ether oxygens (including phenoxy) is 2. The number of rotatable bonds is 8. The Morgan fingerprint density at radius 2 is 1.09 bits per heavy atom. The third kappa shape index (κ3) is 8.81. The van der Waals surface area contributed by atoms with Gasteiger partial charge in [0.05, 0.1) is 7.11 Å². The van der Waals surface area contributed by atoms with Gasteiger partial charge in [0, 0.05) is 0 Å². The Bertz CT molecular complexity index is 1910. The van der Waals surface area contributed by atoms with Crippen molar-refractivity contribution in [3.8, 4) is 23.0 Å². The van der Waals surface area contributed by atoms with Crippen molar-refractivity contribution in [2.45, 2.75) is 30.5 Å². The van der Waals surface area contributed by atoms with Crippen molar-refractivity contribution in [1.29, 1.82) is 0 Å². The normalized spacial score (nSPS) is 13.0. The first kappa shape index (κ1) is 35.0. The fourth-order valence-corrected chi connectivity index (χ4v) is 4.44. The fraction of sp³-hybridized carbons (Fsp3) is 0.222. The molecule has 0 saturated carbocycles. The molecule has 4 aromatic carbocycles. The van der Waals surface area contributed by atoms with Gasteiger partial charge in [-0.3, -0.25) is 0 Å². The monoisotopic (exact) mass is 684 g/mol. The molecule has 0 heterocycles. The molecule has 0 aliphatic heterocycles. The van der Waals surface area contributed by atoms with Crippen LogP contribution in [0, 0.1) is 0 Å². The van der Waals surface area contributed by atoms with Gasteiger partial charge in [-0.2, -0.15) is 43.2 Å². The van der Waals surface area contributed by atoms with Gasteiger partial charge in [-0.05, 0) is 76.5 Å². The van der Waals surface area contributed by atoms with E-state index < -0.39 is 54.8 Å². The van der Waals surface area contributed by atoms with Crippen molar-refractivity contribution in [2.75, 3.05) is 7.11 Å². The summed E-state index contributed by atoms with van der Waals surface area (Å²) in [7, 11) is -10.2. The summed E-state index contributed by atoms with van der Waals surface area (Å²) in [6.07, 6.45) is -0.500. The molecule has 1 atom stereocenters. The molecule has 0 aromatic heterocycles. The van der Waals surface area contributed by atoms with Crippen molar-refractivity contribution in [3.05, 3.63) is 72.8 Å². The maximum Gasteiger partial charge on any atom is 0.534 e. The zero-order valence-electron chi connectivity index (χ0n) is 22.9. The second-order valence-corrected chi connectivity index (χ2v) is 11.9. The van der Waals surface area contributed by atoms with E-state index in [0.29, 0.717) is 28.0 Å². The lowest BCUT2D eigenvalue weighted by Gasteiger charge is -2.15. The number of phenols is 1. The third-order valence-corrected chi connectivity index (χ3v) is 7.63. The van der Waals surface area contributed by atoms with Crippen LogP contribution in [0.25, 0.3) is 21.5 Å². The van der Waals surface area contributed by atoms with Gasteiger partial charge in [0.1, 0.15) is 23.0 Å². The number of hydrogen-bond acceptors (Lipinski definition) is 10. The Hall–Kier alpha value is -4.45. The quantitative estimate of drug-likeness (QED) is 0.0991. The van der Waals surface area contributed by atoms with E-state index in [1.165, 1.54) is 43.5 Å². The van der Waals surface area contributed by atoms with Crippen LogP contribution in [-0.4, -0.2) is 52.1 Å². The van der Waals surface area contributed by atoms with E-state index in [-0.39, 0.29) is 11.5 Å². The molecule has 1 unspecified atom stereocenters. The maximum absolute atomic E-state index is 12.4. The molecule has 0 aliphatic rings. The summed E-state index contributed by atoms with van der Waals surface area (Å²) in [5.41, 5.74) is -11.0. The van der Waals surface area contributed by atoms with E-state index in [1.807, 2.05) is 0 Å². The lowest BCUT2D eigenvalue weighted by atomic mass is 10.1. The van der Waals surface area contributed by atoms with E-state index in [4.69, 9.17) is 4.74 Å². The first-order valence-corrected chi connectivity index (χ1v) is 15.1. The molecule has 0 spiro atoms.